The highest BCUT2D eigenvalue weighted by Crippen LogP contribution is 2.19. The number of piperidine rings is 1. The largest absolute Gasteiger partial charge is 0.332 e. The number of nitrogens with one attached hydrogen (secondary N) is 1. The summed E-state index contributed by atoms with van der Waals surface area (Å²) < 4.78 is 0. The molecule has 2 heterocycles. The molecule has 2 saturated heterocycles. The average molecular weight is 362 g/mol. The molecule has 1 aromatic carbocycles. The number of carbonyl (C=O) groups is 2. The minimum Gasteiger partial charge on any atom is -0.332 e. The molecule has 136 valence electrons. The second-order valence-electron chi connectivity index (χ2n) is 7.06. The van der Waals surface area contributed by atoms with Crippen molar-refractivity contribution in [2.24, 2.45) is 5.92 Å². The third-order valence-electron chi connectivity index (χ3n) is 4.97. The molecule has 1 aromatic rings. The lowest BCUT2D eigenvalue weighted by molar-refractivity contribution is -0.116. The second-order valence-corrected chi connectivity index (χ2v) is 8.10. The Hall–Kier alpha value is -1.53. The van der Waals surface area contributed by atoms with E-state index in [0.29, 0.717) is 13.0 Å². The zero-order valence-electron chi connectivity index (χ0n) is 14.9. The first kappa shape index (κ1) is 18.3. The van der Waals surface area contributed by atoms with Crippen molar-refractivity contribution >= 4 is 28.6 Å². The van der Waals surface area contributed by atoms with E-state index in [2.05, 4.69) is 29.3 Å². The van der Waals surface area contributed by atoms with Crippen LogP contribution in [-0.4, -0.2) is 52.9 Å². The van der Waals surface area contributed by atoms with Gasteiger partial charge in [0.15, 0.2) is 0 Å². The Kier molecular flexibility index (Phi) is 6.37. The van der Waals surface area contributed by atoms with E-state index in [4.69, 9.17) is 0 Å². The number of nitrogens with zero attached hydrogens (tertiary/aromatic N) is 2. The van der Waals surface area contributed by atoms with Gasteiger partial charge in [0.2, 0.25) is 5.91 Å². The quantitative estimate of drug-likeness (QED) is 0.844. The predicted molar refractivity (Wildman–Crippen MR) is 103 cm³/mol. The van der Waals surface area contributed by atoms with Crippen molar-refractivity contribution in [1.82, 2.24) is 9.80 Å². The van der Waals surface area contributed by atoms with Gasteiger partial charge in [0, 0.05) is 37.5 Å². The van der Waals surface area contributed by atoms with Crippen LogP contribution >= 0.6 is 11.8 Å². The van der Waals surface area contributed by atoms with E-state index in [1.54, 1.807) is 4.90 Å². The first-order valence-electron chi connectivity index (χ1n) is 9.13. The van der Waals surface area contributed by atoms with Gasteiger partial charge in [-0.2, -0.15) is 0 Å². The van der Waals surface area contributed by atoms with Gasteiger partial charge < -0.3 is 10.2 Å². The second kappa shape index (κ2) is 8.72. The third-order valence-corrected chi connectivity index (χ3v) is 5.87. The fourth-order valence-electron chi connectivity index (χ4n) is 3.26. The van der Waals surface area contributed by atoms with Gasteiger partial charge in [-0.15, -0.1) is 0 Å². The maximum Gasteiger partial charge on any atom is 0.281 e. The van der Waals surface area contributed by atoms with E-state index >= 15 is 0 Å². The minimum atomic E-state index is -0.0394. The molecule has 2 aliphatic rings. The number of amides is 2. The lowest BCUT2D eigenvalue weighted by Crippen LogP contribution is -2.32. The van der Waals surface area contributed by atoms with Crippen molar-refractivity contribution in [1.29, 1.82) is 0 Å². The van der Waals surface area contributed by atoms with Crippen LogP contribution in [0.15, 0.2) is 24.3 Å². The molecule has 0 radical (unpaired) electrons. The first-order valence-corrected chi connectivity index (χ1v) is 10.1. The number of anilines is 1. The van der Waals surface area contributed by atoms with Gasteiger partial charge in [0.1, 0.15) is 0 Å². The highest BCUT2D eigenvalue weighted by molar-refractivity contribution is 8.13. The van der Waals surface area contributed by atoms with Crippen LogP contribution in [-0.2, 0) is 11.3 Å². The normalized spacial score (nSPS) is 19.4. The summed E-state index contributed by atoms with van der Waals surface area (Å²) in [6, 6.07) is 8.12. The molecule has 1 N–H and O–H groups in total. The van der Waals surface area contributed by atoms with Gasteiger partial charge in [0.25, 0.3) is 5.24 Å². The van der Waals surface area contributed by atoms with Gasteiger partial charge in [-0.3, -0.25) is 14.5 Å². The number of hydrogen-bond acceptors (Lipinski definition) is 4. The van der Waals surface area contributed by atoms with E-state index in [9.17, 15) is 9.59 Å². The number of carbonyl (C=O) groups excluding carboxylic acids is 2. The maximum absolute atomic E-state index is 12.0. The summed E-state index contributed by atoms with van der Waals surface area (Å²) in [5.74, 6) is 1.64. The summed E-state index contributed by atoms with van der Waals surface area (Å²) >= 11 is 1.33. The van der Waals surface area contributed by atoms with Crippen molar-refractivity contribution in [2.75, 3.05) is 37.2 Å². The Morgan fingerprint density at radius 2 is 1.92 bits per heavy atom. The summed E-state index contributed by atoms with van der Waals surface area (Å²) in [7, 11) is 0. The first-order chi connectivity index (χ1) is 12.1. The molecule has 0 aliphatic carbocycles. The number of rotatable bonds is 6. The molecule has 5 nitrogen and oxygen atoms in total. The van der Waals surface area contributed by atoms with E-state index in [1.807, 2.05) is 12.1 Å². The van der Waals surface area contributed by atoms with Crippen molar-refractivity contribution < 1.29 is 9.59 Å². The Balaban J connectivity index is 1.42. The van der Waals surface area contributed by atoms with Crippen molar-refractivity contribution in [2.45, 2.75) is 32.7 Å². The van der Waals surface area contributed by atoms with Crippen molar-refractivity contribution in [3.8, 4) is 0 Å². The summed E-state index contributed by atoms with van der Waals surface area (Å²) in [4.78, 5) is 27.8. The molecule has 25 heavy (non-hydrogen) atoms. The molecule has 6 heteroatoms. The molecule has 3 rings (SSSR count). The van der Waals surface area contributed by atoms with Crippen LogP contribution in [0.4, 0.5) is 10.5 Å². The Labute approximate surface area is 154 Å². The lowest BCUT2D eigenvalue weighted by atomic mass is 9.99. The molecule has 0 atom stereocenters. The average Bonchev–Trinajstić information content (AvgIpc) is 3.02. The number of likely N-dealkylation sites (tertiary alicyclic amines) is 1. The SMILES string of the molecule is CC1CCN(Cc2ccc(NC(=O)CCN3CCSC3=O)cc2)CC1. The summed E-state index contributed by atoms with van der Waals surface area (Å²) in [6.45, 7) is 6.91. The molecule has 2 fully saturated rings. The molecular formula is C19H27N3O2S. The highest BCUT2D eigenvalue weighted by atomic mass is 32.2. The number of thioether (sulfide) groups is 1. The van der Waals surface area contributed by atoms with Crippen LogP contribution in [0.1, 0.15) is 31.7 Å². The molecule has 0 saturated carbocycles. The lowest BCUT2D eigenvalue weighted by Gasteiger charge is -2.30. The fraction of sp³-hybridized carbons (Fsp3) is 0.579. The predicted octanol–water partition coefficient (Wildman–Crippen LogP) is 3.42. The highest BCUT2D eigenvalue weighted by Gasteiger charge is 2.21. The van der Waals surface area contributed by atoms with Crippen LogP contribution in [0.3, 0.4) is 0 Å². The van der Waals surface area contributed by atoms with E-state index < -0.39 is 0 Å². The fourth-order valence-corrected chi connectivity index (χ4v) is 4.11. The van der Waals surface area contributed by atoms with Crippen LogP contribution in [0.2, 0.25) is 0 Å². The van der Waals surface area contributed by atoms with Gasteiger partial charge in [-0.05, 0) is 49.5 Å². The van der Waals surface area contributed by atoms with Gasteiger partial charge >= 0.3 is 0 Å². The van der Waals surface area contributed by atoms with E-state index in [-0.39, 0.29) is 11.1 Å². The summed E-state index contributed by atoms with van der Waals surface area (Å²) in [5, 5.41) is 3.01. The minimum absolute atomic E-state index is 0.0394. The van der Waals surface area contributed by atoms with Crippen LogP contribution in [0.25, 0.3) is 0 Å². The van der Waals surface area contributed by atoms with Crippen LogP contribution < -0.4 is 5.32 Å². The maximum atomic E-state index is 12.0. The standard InChI is InChI=1S/C19H27N3O2S/c1-15-6-9-21(10-7-15)14-16-2-4-17(5-3-16)20-18(23)8-11-22-12-13-25-19(22)24/h2-5,15H,6-14H2,1H3,(H,20,23). The molecule has 0 unspecified atom stereocenters. The van der Waals surface area contributed by atoms with Crippen LogP contribution in [0, 0.1) is 5.92 Å². The van der Waals surface area contributed by atoms with E-state index in [1.165, 1.54) is 43.3 Å². The molecule has 0 bridgehead atoms. The van der Waals surface area contributed by atoms with Gasteiger partial charge in [-0.1, -0.05) is 30.8 Å². The topological polar surface area (TPSA) is 52.7 Å². The van der Waals surface area contributed by atoms with Gasteiger partial charge in [-0.25, -0.2) is 0 Å². The summed E-state index contributed by atoms with van der Waals surface area (Å²) in [6.07, 6.45) is 2.92. The molecular weight excluding hydrogens is 334 g/mol. The monoisotopic (exact) mass is 361 g/mol. The molecule has 0 spiro atoms. The van der Waals surface area contributed by atoms with Crippen molar-refractivity contribution in [3.63, 3.8) is 0 Å². The third kappa shape index (κ3) is 5.47. The summed E-state index contributed by atoms with van der Waals surface area (Å²) in [5.41, 5.74) is 2.11. The zero-order chi connectivity index (χ0) is 17.6. The molecule has 0 aromatic heterocycles. The van der Waals surface area contributed by atoms with E-state index in [0.717, 1.165) is 30.4 Å². The Morgan fingerprint density at radius 1 is 1.20 bits per heavy atom. The van der Waals surface area contributed by atoms with Crippen molar-refractivity contribution in [3.05, 3.63) is 29.8 Å². The van der Waals surface area contributed by atoms with Gasteiger partial charge in [0.05, 0.1) is 0 Å². The molecule has 2 aliphatic heterocycles. The smallest absolute Gasteiger partial charge is 0.281 e. The zero-order valence-corrected chi connectivity index (χ0v) is 15.7. The van der Waals surface area contributed by atoms with Crippen LogP contribution in [0.5, 0.6) is 0 Å². The Morgan fingerprint density at radius 3 is 2.56 bits per heavy atom. The molecule has 2 amide bonds. The number of benzene rings is 1. The Bertz CT molecular complexity index is 597. The number of hydrogen-bond donors (Lipinski definition) is 1.